The zero-order valence-corrected chi connectivity index (χ0v) is 22.2. The van der Waals surface area contributed by atoms with Gasteiger partial charge in [-0.15, -0.1) is 11.3 Å². The lowest BCUT2D eigenvalue weighted by Crippen LogP contribution is -2.44. The Hall–Kier alpha value is -1.85. The number of thiazole rings is 1. The minimum absolute atomic E-state index is 0.00534. The summed E-state index contributed by atoms with van der Waals surface area (Å²) in [6.45, 7) is 13.2. The van der Waals surface area contributed by atoms with Crippen LogP contribution in [0.5, 0.6) is 0 Å². The third-order valence-electron chi connectivity index (χ3n) is 4.90. The van der Waals surface area contributed by atoms with E-state index in [0.29, 0.717) is 42.7 Å². The van der Waals surface area contributed by atoms with Crippen molar-refractivity contribution in [3.8, 4) is 0 Å². The maximum atomic E-state index is 13.4. The number of hydrogen-bond acceptors (Lipinski definition) is 8. The van der Waals surface area contributed by atoms with E-state index in [9.17, 15) is 9.59 Å². The van der Waals surface area contributed by atoms with Crippen molar-refractivity contribution in [2.45, 2.75) is 64.6 Å². The van der Waals surface area contributed by atoms with Gasteiger partial charge in [0.1, 0.15) is 19.1 Å². The Balaban J connectivity index is 1.62. The number of carbonyl (C=O) groups is 2. The number of carbonyl (C=O) groups excluding carboxylic acids is 2. The van der Waals surface area contributed by atoms with Crippen molar-refractivity contribution < 1.29 is 18.7 Å². The molecule has 0 aliphatic carbocycles. The smallest absolute Gasteiger partial charge is 0.410 e. The zero-order valence-electron chi connectivity index (χ0n) is 19.6. The molecule has 2 aromatic heterocycles. The fraction of sp³-hybridized carbons (Fsp3) is 0.619. The van der Waals surface area contributed by atoms with Crippen LogP contribution >= 0.6 is 23.3 Å². The highest BCUT2D eigenvalue weighted by Crippen LogP contribution is 2.32. The second-order valence-electron chi connectivity index (χ2n) is 9.83. The fourth-order valence-corrected chi connectivity index (χ4v) is 5.69. The Morgan fingerprint density at radius 3 is 2.50 bits per heavy atom. The number of oxazole rings is 1. The second kappa shape index (κ2) is 9.96. The topological polar surface area (TPSA) is 88.8 Å². The van der Waals surface area contributed by atoms with Gasteiger partial charge in [0.2, 0.25) is 16.9 Å². The first kappa shape index (κ1) is 24.8. The highest BCUT2D eigenvalue weighted by atomic mass is 32.2. The van der Waals surface area contributed by atoms with Gasteiger partial charge in [-0.25, -0.2) is 19.1 Å². The molecule has 0 bridgehead atoms. The molecule has 0 unspecified atom stereocenters. The van der Waals surface area contributed by atoms with Crippen molar-refractivity contribution in [3.63, 3.8) is 0 Å². The van der Waals surface area contributed by atoms with E-state index in [0.717, 1.165) is 5.38 Å². The minimum atomic E-state index is -1.57. The van der Waals surface area contributed by atoms with E-state index in [1.165, 1.54) is 23.3 Å². The van der Waals surface area contributed by atoms with Crippen LogP contribution in [0.3, 0.4) is 0 Å². The highest BCUT2D eigenvalue weighted by Gasteiger charge is 2.34. The van der Waals surface area contributed by atoms with Gasteiger partial charge >= 0.3 is 6.09 Å². The number of amides is 2. The predicted molar refractivity (Wildman–Crippen MR) is 131 cm³/mol. The first-order valence-corrected chi connectivity index (χ1v) is 16.1. The Morgan fingerprint density at radius 1 is 1.28 bits per heavy atom. The van der Waals surface area contributed by atoms with Crippen molar-refractivity contribution in [1.82, 2.24) is 14.9 Å². The van der Waals surface area contributed by atoms with Crippen LogP contribution in [0.2, 0.25) is 19.6 Å². The summed E-state index contributed by atoms with van der Waals surface area (Å²) in [4.78, 5) is 36.1. The molecule has 2 amide bonds. The van der Waals surface area contributed by atoms with Crippen molar-refractivity contribution in [3.05, 3.63) is 23.7 Å². The van der Waals surface area contributed by atoms with Crippen LogP contribution in [0.1, 0.15) is 39.5 Å². The third-order valence-corrected chi connectivity index (χ3v) is 8.47. The van der Waals surface area contributed by atoms with Crippen LogP contribution in [0.25, 0.3) is 0 Å². The zero-order chi connectivity index (χ0) is 23.5. The molecule has 0 spiro atoms. The fourth-order valence-electron chi connectivity index (χ4n) is 3.17. The maximum Gasteiger partial charge on any atom is 0.410 e. The van der Waals surface area contributed by atoms with Crippen molar-refractivity contribution >= 4 is 53.9 Å². The van der Waals surface area contributed by atoms with Crippen LogP contribution in [0.4, 0.5) is 9.93 Å². The molecule has 0 atom stereocenters. The average molecular weight is 497 g/mol. The van der Waals surface area contributed by atoms with Crippen molar-refractivity contribution in [2.75, 3.05) is 17.4 Å². The number of likely N-dealkylation sites (tertiary alicyclic amines) is 1. The lowest BCUT2D eigenvalue weighted by Gasteiger charge is -2.34. The number of nitrogens with zero attached hydrogens (tertiary/aromatic N) is 4. The van der Waals surface area contributed by atoms with E-state index in [-0.39, 0.29) is 17.9 Å². The number of ether oxygens (including phenoxy) is 1. The van der Waals surface area contributed by atoms with Crippen LogP contribution < -0.4 is 9.69 Å². The Bertz CT molecular complexity index is 913. The molecule has 176 valence electrons. The Labute approximate surface area is 198 Å². The number of aromatic nitrogens is 2. The molecule has 3 rings (SSSR count). The lowest BCUT2D eigenvalue weighted by atomic mass is 9.96. The molecule has 0 aromatic carbocycles. The van der Waals surface area contributed by atoms with Gasteiger partial charge in [-0.3, -0.25) is 4.79 Å². The summed E-state index contributed by atoms with van der Waals surface area (Å²) in [7, 11) is -1.57. The molecule has 8 nitrogen and oxygen atoms in total. The quantitative estimate of drug-likeness (QED) is 0.429. The van der Waals surface area contributed by atoms with Gasteiger partial charge in [0.05, 0.1) is 11.9 Å². The molecule has 0 saturated carbocycles. The average Bonchev–Trinajstić information content (AvgIpc) is 3.39. The second-order valence-corrected chi connectivity index (χ2v) is 16.6. The number of rotatable bonds is 6. The SMILES string of the molecule is CC(C)(C)OC(=O)N1CCC(C(=O)N(SCc2ncc([Si](C)(C)C)o2)c2nccs2)CC1. The van der Waals surface area contributed by atoms with Crippen LogP contribution in [0.15, 0.2) is 22.2 Å². The van der Waals surface area contributed by atoms with Crippen LogP contribution in [0, 0.1) is 5.92 Å². The normalized spacial score (nSPS) is 15.6. The monoisotopic (exact) mass is 496 g/mol. The molecule has 11 heteroatoms. The molecule has 1 aliphatic rings. The molecule has 1 fully saturated rings. The van der Waals surface area contributed by atoms with Gasteiger partial charge in [0.15, 0.2) is 0 Å². The van der Waals surface area contributed by atoms with Crippen molar-refractivity contribution in [2.24, 2.45) is 5.92 Å². The molecule has 32 heavy (non-hydrogen) atoms. The number of anilines is 1. The van der Waals surface area contributed by atoms with Crippen LogP contribution in [-0.2, 0) is 15.3 Å². The molecule has 3 heterocycles. The maximum absolute atomic E-state index is 13.4. The lowest BCUT2D eigenvalue weighted by molar-refractivity contribution is -0.122. The van der Waals surface area contributed by atoms with Gasteiger partial charge in [-0.2, -0.15) is 0 Å². The molecular weight excluding hydrogens is 464 g/mol. The molecule has 2 aromatic rings. The van der Waals surface area contributed by atoms with Gasteiger partial charge in [-0.05, 0) is 45.6 Å². The van der Waals surface area contributed by atoms with Crippen LogP contribution in [-0.4, -0.2) is 53.6 Å². The van der Waals surface area contributed by atoms with E-state index in [1.807, 2.05) is 32.3 Å². The summed E-state index contributed by atoms with van der Waals surface area (Å²) >= 11 is 2.78. The third kappa shape index (κ3) is 6.58. The summed E-state index contributed by atoms with van der Waals surface area (Å²) in [5.41, 5.74) is -0.530. The van der Waals surface area contributed by atoms with Gasteiger partial charge in [0.25, 0.3) is 0 Å². The number of hydrogen-bond donors (Lipinski definition) is 0. The standard InChI is InChI=1S/C21H32N4O4S2Si/c1-21(2,3)29-20(27)24-10-7-15(8-11-24)18(26)25(19-22-9-12-30-19)31-14-16-23-13-17(28-16)32(4,5)6/h9,12-13,15H,7-8,10-11,14H2,1-6H3. The first-order chi connectivity index (χ1) is 14.9. The summed E-state index contributed by atoms with van der Waals surface area (Å²) in [6.07, 6.45) is 4.37. The minimum Gasteiger partial charge on any atom is -0.450 e. The highest BCUT2D eigenvalue weighted by molar-refractivity contribution is 8.00. The van der Waals surface area contributed by atoms with E-state index in [1.54, 1.807) is 15.4 Å². The van der Waals surface area contributed by atoms with E-state index in [2.05, 4.69) is 29.6 Å². The van der Waals surface area contributed by atoms with E-state index in [4.69, 9.17) is 9.15 Å². The molecule has 0 radical (unpaired) electrons. The van der Waals surface area contributed by atoms with Crippen molar-refractivity contribution in [1.29, 1.82) is 0 Å². The van der Waals surface area contributed by atoms with Gasteiger partial charge in [-0.1, -0.05) is 19.6 Å². The summed E-state index contributed by atoms with van der Waals surface area (Å²) in [5.74, 6) is 0.895. The number of piperidine rings is 1. The summed E-state index contributed by atoms with van der Waals surface area (Å²) in [6, 6.07) is 0. The molecule has 1 saturated heterocycles. The van der Waals surface area contributed by atoms with E-state index < -0.39 is 13.7 Å². The summed E-state index contributed by atoms with van der Waals surface area (Å²) < 4.78 is 13.1. The van der Waals surface area contributed by atoms with E-state index >= 15 is 0 Å². The van der Waals surface area contributed by atoms with Gasteiger partial charge < -0.3 is 14.1 Å². The largest absolute Gasteiger partial charge is 0.450 e. The molecule has 1 aliphatic heterocycles. The Morgan fingerprint density at radius 2 is 1.97 bits per heavy atom. The molecular formula is C21H32N4O4S2Si. The molecule has 0 N–H and O–H groups in total. The predicted octanol–water partition coefficient (Wildman–Crippen LogP) is 4.50. The Kier molecular flexibility index (Phi) is 7.71. The summed E-state index contributed by atoms with van der Waals surface area (Å²) in [5, 5.41) is 3.46. The first-order valence-electron chi connectivity index (χ1n) is 10.7. The van der Waals surface area contributed by atoms with Gasteiger partial charge in [0, 0.05) is 30.6 Å².